The molecule has 1 N–H and O–H groups in total. The molecule has 0 aliphatic carbocycles. The van der Waals surface area contributed by atoms with Crippen molar-refractivity contribution in [3.05, 3.63) is 58.0 Å². The summed E-state index contributed by atoms with van der Waals surface area (Å²) in [6, 6.07) is 10.4. The van der Waals surface area contributed by atoms with Gasteiger partial charge >= 0.3 is 0 Å². The van der Waals surface area contributed by atoms with Crippen molar-refractivity contribution < 1.29 is 9.50 Å². The smallest absolute Gasteiger partial charge is 0.140 e. The van der Waals surface area contributed by atoms with E-state index in [1.807, 2.05) is 18.2 Å². The van der Waals surface area contributed by atoms with Gasteiger partial charge in [-0.1, -0.05) is 30.3 Å². The molecule has 0 spiro atoms. The van der Waals surface area contributed by atoms with Crippen LogP contribution in [0.4, 0.5) is 4.39 Å². The van der Waals surface area contributed by atoms with Gasteiger partial charge in [0.15, 0.2) is 0 Å². The fourth-order valence-electron chi connectivity index (χ4n) is 1.29. The summed E-state index contributed by atoms with van der Waals surface area (Å²) in [6.45, 7) is 0. The first-order valence-corrected chi connectivity index (χ1v) is 5.13. The van der Waals surface area contributed by atoms with Crippen LogP contribution in [-0.2, 0) is 0 Å². The van der Waals surface area contributed by atoms with Gasteiger partial charge in [0.05, 0.1) is 4.88 Å². The monoisotopic (exact) mass is 208 g/mol. The summed E-state index contributed by atoms with van der Waals surface area (Å²) < 4.78 is 13.1. The summed E-state index contributed by atoms with van der Waals surface area (Å²) in [7, 11) is 0. The number of hydrogen-bond donors (Lipinski definition) is 1. The van der Waals surface area contributed by atoms with E-state index in [-0.39, 0.29) is 5.82 Å². The SMILES string of the molecule is OC(c1ccccc1)c1sccc1F. The lowest BCUT2D eigenvalue weighted by molar-refractivity contribution is 0.219. The van der Waals surface area contributed by atoms with Crippen LogP contribution >= 0.6 is 11.3 Å². The zero-order valence-corrected chi connectivity index (χ0v) is 8.17. The third kappa shape index (κ3) is 1.69. The standard InChI is InChI=1S/C11H9FOS/c12-9-6-7-14-11(9)10(13)8-4-2-1-3-5-8/h1-7,10,13H. The molecular formula is C11H9FOS. The quantitative estimate of drug-likeness (QED) is 0.804. The number of aliphatic hydroxyl groups is 1. The molecule has 72 valence electrons. The molecule has 1 atom stereocenters. The van der Waals surface area contributed by atoms with Crippen molar-refractivity contribution >= 4 is 11.3 Å². The number of benzene rings is 1. The summed E-state index contributed by atoms with van der Waals surface area (Å²) >= 11 is 1.23. The first-order valence-electron chi connectivity index (χ1n) is 4.25. The second-order valence-electron chi connectivity index (χ2n) is 2.95. The maximum Gasteiger partial charge on any atom is 0.140 e. The van der Waals surface area contributed by atoms with Crippen LogP contribution in [0.15, 0.2) is 41.8 Å². The number of rotatable bonds is 2. The van der Waals surface area contributed by atoms with Crippen LogP contribution in [0, 0.1) is 5.82 Å². The van der Waals surface area contributed by atoms with Crippen molar-refractivity contribution in [1.29, 1.82) is 0 Å². The molecule has 2 aromatic rings. The highest BCUT2D eigenvalue weighted by atomic mass is 32.1. The molecule has 1 aromatic carbocycles. The molecule has 1 heterocycles. The zero-order valence-electron chi connectivity index (χ0n) is 7.35. The minimum atomic E-state index is -0.851. The van der Waals surface area contributed by atoms with Crippen LogP contribution in [0.1, 0.15) is 16.5 Å². The minimum Gasteiger partial charge on any atom is -0.383 e. The molecule has 0 saturated heterocycles. The summed E-state index contributed by atoms with van der Waals surface area (Å²) in [6.07, 6.45) is -0.851. The van der Waals surface area contributed by atoms with Gasteiger partial charge in [0.25, 0.3) is 0 Å². The molecule has 0 aliphatic rings. The van der Waals surface area contributed by atoms with Crippen molar-refractivity contribution in [3.8, 4) is 0 Å². The molecule has 3 heteroatoms. The third-order valence-electron chi connectivity index (χ3n) is 2.01. The van der Waals surface area contributed by atoms with Crippen LogP contribution in [0.5, 0.6) is 0 Å². The van der Waals surface area contributed by atoms with E-state index in [1.165, 1.54) is 17.4 Å². The van der Waals surface area contributed by atoms with Crippen LogP contribution < -0.4 is 0 Å². The number of aliphatic hydroxyl groups excluding tert-OH is 1. The Hall–Kier alpha value is -1.19. The van der Waals surface area contributed by atoms with E-state index in [1.54, 1.807) is 17.5 Å². The van der Waals surface area contributed by atoms with Gasteiger partial charge in [0.2, 0.25) is 0 Å². The summed E-state index contributed by atoms with van der Waals surface area (Å²) in [5.41, 5.74) is 0.717. The highest BCUT2D eigenvalue weighted by Gasteiger charge is 2.15. The Morgan fingerprint density at radius 1 is 1.14 bits per heavy atom. The van der Waals surface area contributed by atoms with Crippen molar-refractivity contribution in [2.24, 2.45) is 0 Å². The van der Waals surface area contributed by atoms with Gasteiger partial charge in [-0.05, 0) is 17.0 Å². The topological polar surface area (TPSA) is 20.2 Å². The van der Waals surface area contributed by atoms with Gasteiger partial charge in [-0.25, -0.2) is 4.39 Å². The van der Waals surface area contributed by atoms with Crippen LogP contribution in [0.2, 0.25) is 0 Å². The Kier molecular flexibility index (Phi) is 2.61. The van der Waals surface area contributed by atoms with Crippen LogP contribution in [0.25, 0.3) is 0 Å². The molecule has 1 aromatic heterocycles. The molecule has 0 amide bonds. The number of thiophene rings is 1. The molecule has 0 bridgehead atoms. The summed E-state index contributed by atoms with van der Waals surface area (Å²) in [5, 5.41) is 11.5. The van der Waals surface area contributed by atoms with E-state index in [0.717, 1.165) is 0 Å². The Balaban J connectivity index is 2.34. The maximum absolute atomic E-state index is 13.1. The first-order chi connectivity index (χ1) is 6.79. The highest BCUT2D eigenvalue weighted by molar-refractivity contribution is 7.10. The van der Waals surface area contributed by atoms with Gasteiger partial charge in [-0.15, -0.1) is 11.3 Å². The van der Waals surface area contributed by atoms with Gasteiger partial charge in [0.1, 0.15) is 11.9 Å². The predicted octanol–water partition coefficient (Wildman–Crippen LogP) is 2.97. The lowest BCUT2D eigenvalue weighted by Gasteiger charge is -2.08. The normalized spacial score (nSPS) is 12.7. The average Bonchev–Trinajstić information content (AvgIpc) is 2.65. The largest absolute Gasteiger partial charge is 0.383 e. The van der Waals surface area contributed by atoms with Crippen LogP contribution in [0.3, 0.4) is 0 Å². The van der Waals surface area contributed by atoms with E-state index < -0.39 is 6.10 Å². The Labute approximate surface area is 85.5 Å². The molecule has 0 fully saturated rings. The molecule has 1 unspecified atom stereocenters. The molecule has 0 aliphatic heterocycles. The zero-order chi connectivity index (χ0) is 9.97. The second kappa shape index (κ2) is 3.90. The third-order valence-corrected chi connectivity index (χ3v) is 2.95. The van der Waals surface area contributed by atoms with Crippen molar-refractivity contribution in [3.63, 3.8) is 0 Å². The average molecular weight is 208 g/mol. The van der Waals surface area contributed by atoms with E-state index in [2.05, 4.69) is 0 Å². The van der Waals surface area contributed by atoms with Gasteiger partial charge in [-0.2, -0.15) is 0 Å². The molecule has 0 radical (unpaired) electrons. The Bertz CT molecular complexity index is 410. The molecule has 14 heavy (non-hydrogen) atoms. The van der Waals surface area contributed by atoms with E-state index >= 15 is 0 Å². The van der Waals surface area contributed by atoms with Gasteiger partial charge in [-0.3, -0.25) is 0 Å². The molecule has 1 nitrogen and oxygen atoms in total. The van der Waals surface area contributed by atoms with Gasteiger partial charge in [0, 0.05) is 0 Å². The predicted molar refractivity (Wildman–Crippen MR) is 54.8 cm³/mol. The first kappa shape index (κ1) is 9.37. The minimum absolute atomic E-state index is 0.341. The number of halogens is 1. The summed E-state index contributed by atoms with van der Waals surface area (Å²) in [5.74, 6) is -0.341. The van der Waals surface area contributed by atoms with Gasteiger partial charge < -0.3 is 5.11 Å². The fraction of sp³-hybridized carbons (Fsp3) is 0.0909. The Morgan fingerprint density at radius 2 is 1.86 bits per heavy atom. The summed E-state index contributed by atoms with van der Waals surface area (Å²) in [4.78, 5) is 0.371. The molecule has 0 saturated carbocycles. The highest BCUT2D eigenvalue weighted by Crippen LogP contribution is 2.28. The van der Waals surface area contributed by atoms with E-state index in [0.29, 0.717) is 10.4 Å². The van der Waals surface area contributed by atoms with Crippen LogP contribution in [-0.4, -0.2) is 5.11 Å². The van der Waals surface area contributed by atoms with Crippen molar-refractivity contribution in [2.45, 2.75) is 6.10 Å². The maximum atomic E-state index is 13.1. The Morgan fingerprint density at radius 3 is 2.43 bits per heavy atom. The molecule has 2 rings (SSSR count). The second-order valence-corrected chi connectivity index (χ2v) is 3.89. The number of hydrogen-bond acceptors (Lipinski definition) is 2. The van der Waals surface area contributed by atoms with E-state index in [4.69, 9.17) is 0 Å². The van der Waals surface area contributed by atoms with Crippen molar-refractivity contribution in [2.75, 3.05) is 0 Å². The molecular weight excluding hydrogens is 199 g/mol. The fourth-order valence-corrected chi connectivity index (χ4v) is 2.07. The lowest BCUT2D eigenvalue weighted by Crippen LogP contribution is -1.98. The van der Waals surface area contributed by atoms with Crippen molar-refractivity contribution in [1.82, 2.24) is 0 Å². The lowest BCUT2D eigenvalue weighted by atomic mass is 10.1. The van der Waals surface area contributed by atoms with E-state index in [9.17, 15) is 9.50 Å².